The lowest BCUT2D eigenvalue weighted by atomic mass is 9.52. The van der Waals surface area contributed by atoms with Gasteiger partial charge in [0.15, 0.2) is 0 Å². The highest BCUT2D eigenvalue weighted by Gasteiger charge is 2.51. The lowest BCUT2D eigenvalue weighted by Gasteiger charge is -2.51. The number of hydrogen-bond acceptors (Lipinski definition) is 1. The molecule has 3 aliphatic carbocycles. The zero-order valence-corrected chi connectivity index (χ0v) is 14.0. The van der Waals surface area contributed by atoms with E-state index >= 15 is 0 Å². The molecule has 0 radical (unpaired) electrons. The summed E-state index contributed by atoms with van der Waals surface area (Å²) in [6, 6.07) is 0. The van der Waals surface area contributed by atoms with Gasteiger partial charge in [0.05, 0.1) is 5.41 Å². The fourth-order valence-corrected chi connectivity index (χ4v) is 4.59. The van der Waals surface area contributed by atoms with E-state index in [9.17, 15) is 9.90 Å². The molecule has 2 nitrogen and oxygen atoms in total. The lowest BCUT2D eigenvalue weighted by Crippen LogP contribution is -2.45. The molecule has 122 valence electrons. The van der Waals surface area contributed by atoms with E-state index in [0.29, 0.717) is 5.41 Å². The topological polar surface area (TPSA) is 37.3 Å². The van der Waals surface area contributed by atoms with Gasteiger partial charge < -0.3 is 5.11 Å². The average molecular weight is 294 g/mol. The third-order valence-corrected chi connectivity index (χ3v) is 6.42. The number of unbranched alkanes of at least 4 members (excludes halogenated alkanes) is 7. The van der Waals surface area contributed by atoms with E-state index in [1.165, 1.54) is 77.0 Å². The van der Waals surface area contributed by atoms with Crippen LogP contribution in [0.25, 0.3) is 0 Å². The van der Waals surface area contributed by atoms with Gasteiger partial charge in [-0.25, -0.2) is 0 Å². The Morgan fingerprint density at radius 3 is 1.76 bits per heavy atom. The number of rotatable bonds is 10. The molecule has 2 bridgehead atoms. The van der Waals surface area contributed by atoms with E-state index in [4.69, 9.17) is 0 Å². The van der Waals surface area contributed by atoms with Crippen LogP contribution in [0.4, 0.5) is 0 Å². The van der Waals surface area contributed by atoms with Gasteiger partial charge in [0.1, 0.15) is 0 Å². The van der Waals surface area contributed by atoms with E-state index in [1.54, 1.807) is 0 Å². The zero-order valence-electron chi connectivity index (χ0n) is 14.0. The Morgan fingerprint density at radius 1 is 0.810 bits per heavy atom. The Labute approximate surface area is 130 Å². The highest BCUT2D eigenvalue weighted by Crippen LogP contribution is 2.58. The third kappa shape index (κ3) is 4.23. The molecular formula is C19H34O2. The monoisotopic (exact) mass is 294 g/mol. The molecule has 0 unspecified atom stereocenters. The minimum Gasteiger partial charge on any atom is -0.481 e. The maximum Gasteiger partial charge on any atom is 0.309 e. The van der Waals surface area contributed by atoms with Crippen LogP contribution in [0, 0.1) is 10.8 Å². The molecular weight excluding hydrogens is 260 g/mol. The first-order chi connectivity index (χ1) is 10.1. The summed E-state index contributed by atoms with van der Waals surface area (Å²) in [5, 5.41) is 9.43. The summed E-state index contributed by atoms with van der Waals surface area (Å²) < 4.78 is 0. The van der Waals surface area contributed by atoms with Crippen molar-refractivity contribution in [3.05, 3.63) is 0 Å². The molecule has 2 heteroatoms. The van der Waals surface area contributed by atoms with Crippen LogP contribution in [0.1, 0.15) is 103 Å². The smallest absolute Gasteiger partial charge is 0.309 e. The van der Waals surface area contributed by atoms with Crippen LogP contribution in [0.2, 0.25) is 0 Å². The van der Waals surface area contributed by atoms with Crippen molar-refractivity contribution >= 4 is 5.97 Å². The maximum absolute atomic E-state index is 11.4. The van der Waals surface area contributed by atoms with Crippen molar-refractivity contribution in [2.75, 3.05) is 0 Å². The quantitative estimate of drug-likeness (QED) is 0.506. The highest BCUT2D eigenvalue weighted by atomic mass is 16.4. The van der Waals surface area contributed by atoms with Crippen LogP contribution in [-0.4, -0.2) is 11.1 Å². The van der Waals surface area contributed by atoms with Gasteiger partial charge in [-0.3, -0.25) is 4.79 Å². The van der Waals surface area contributed by atoms with E-state index in [2.05, 4.69) is 6.92 Å². The Hall–Kier alpha value is -0.530. The molecule has 0 aromatic heterocycles. The van der Waals surface area contributed by atoms with Gasteiger partial charge in [0.2, 0.25) is 0 Å². The number of fused-ring (bicyclic) bond motifs is 3. The third-order valence-electron chi connectivity index (χ3n) is 6.42. The molecule has 3 fully saturated rings. The average Bonchev–Trinajstić information content (AvgIpc) is 2.51. The summed E-state index contributed by atoms with van der Waals surface area (Å²) in [6.07, 6.45) is 18.9. The predicted molar refractivity (Wildman–Crippen MR) is 87.4 cm³/mol. The normalized spacial score (nSPS) is 31.5. The molecule has 0 amide bonds. The first kappa shape index (κ1) is 16.8. The van der Waals surface area contributed by atoms with Gasteiger partial charge in [-0.15, -0.1) is 0 Å². The van der Waals surface area contributed by atoms with E-state index in [0.717, 1.165) is 19.3 Å². The largest absolute Gasteiger partial charge is 0.481 e. The number of hydrogen-bond donors (Lipinski definition) is 1. The fourth-order valence-electron chi connectivity index (χ4n) is 4.59. The molecule has 3 aliphatic rings. The molecule has 0 aliphatic heterocycles. The van der Waals surface area contributed by atoms with E-state index in [-0.39, 0.29) is 5.41 Å². The van der Waals surface area contributed by atoms with Crippen LogP contribution in [0.3, 0.4) is 0 Å². The molecule has 3 rings (SSSR count). The molecule has 0 heterocycles. The summed E-state index contributed by atoms with van der Waals surface area (Å²) in [6.45, 7) is 2.27. The van der Waals surface area contributed by atoms with Crippen LogP contribution >= 0.6 is 0 Å². The Balaban J connectivity index is 1.59. The van der Waals surface area contributed by atoms with E-state index < -0.39 is 5.97 Å². The Morgan fingerprint density at radius 2 is 1.29 bits per heavy atom. The van der Waals surface area contributed by atoms with Crippen molar-refractivity contribution in [1.29, 1.82) is 0 Å². The molecule has 21 heavy (non-hydrogen) atoms. The summed E-state index contributed by atoms with van der Waals surface area (Å²) in [5.41, 5.74) is 0.195. The summed E-state index contributed by atoms with van der Waals surface area (Å²) in [4.78, 5) is 11.4. The zero-order chi connectivity index (χ0) is 15.2. The SMILES string of the molecule is CCCCCCCCCCC12CCC(C(=O)O)(CC1)CC2. The molecule has 3 saturated carbocycles. The molecule has 1 N–H and O–H groups in total. The number of carboxylic acid groups (broad SMARTS) is 1. The minimum absolute atomic E-state index is 0.332. The van der Waals surface area contributed by atoms with Gasteiger partial charge in [0, 0.05) is 0 Å². The van der Waals surface area contributed by atoms with Crippen molar-refractivity contribution in [2.45, 2.75) is 103 Å². The first-order valence-corrected chi connectivity index (χ1v) is 9.36. The number of carbonyl (C=O) groups is 1. The van der Waals surface area contributed by atoms with Crippen molar-refractivity contribution in [2.24, 2.45) is 10.8 Å². The number of carboxylic acids is 1. The van der Waals surface area contributed by atoms with E-state index in [1.807, 2.05) is 0 Å². The molecule has 0 spiro atoms. The van der Waals surface area contributed by atoms with Crippen LogP contribution in [0.5, 0.6) is 0 Å². The second kappa shape index (κ2) is 7.65. The summed E-state index contributed by atoms with van der Waals surface area (Å²) >= 11 is 0. The predicted octanol–water partition coefficient (Wildman–Crippen LogP) is 5.94. The van der Waals surface area contributed by atoms with Crippen molar-refractivity contribution in [3.8, 4) is 0 Å². The first-order valence-electron chi connectivity index (χ1n) is 9.36. The van der Waals surface area contributed by atoms with Crippen LogP contribution in [-0.2, 0) is 4.79 Å². The second-order valence-corrected chi connectivity index (χ2v) is 7.81. The van der Waals surface area contributed by atoms with Crippen molar-refractivity contribution < 1.29 is 9.90 Å². The van der Waals surface area contributed by atoms with Gasteiger partial charge in [-0.05, 0) is 50.4 Å². The second-order valence-electron chi connectivity index (χ2n) is 7.81. The summed E-state index contributed by atoms with van der Waals surface area (Å²) in [5.74, 6) is -0.525. The van der Waals surface area contributed by atoms with Gasteiger partial charge >= 0.3 is 5.97 Å². The molecule has 0 aromatic rings. The number of aliphatic carboxylic acids is 1. The molecule has 0 atom stereocenters. The molecule has 0 saturated heterocycles. The minimum atomic E-state index is -0.525. The van der Waals surface area contributed by atoms with Crippen molar-refractivity contribution in [1.82, 2.24) is 0 Å². The highest BCUT2D eigenvalue weighted by molar-refractivity contribution is 5.75. The fraction of sp³-hybridized carbons (Fsp3) is 0.947. The Kier molecular flexibility index (Phi) is 6.13. The summed E-state index contributed by atoms with van der Waals surface area (Å²) in [7, 11) is 0. The van der Waals surface area contributed by atoms with Crippen molar-refractivity contribution in [3.63, 3.8) is 0 Å². The lowest BCUT2D eigenvalue weighted by molar-refractivity contribution is -0.159. The van der Waals surface area contributed by atoms with Crippen LogP contribution < -0.4 is 0 Å². The Bertz CT molecular complexity index is 310. The maximum atomic E-state index is 11.4. The van der Waals surface area contributed by atoms with Gasteiger partial charge in [-0.1, -0.05) is 58.3 Å². The molecule has 0 aromatic carbocycles. The van der Waals surface area contributed by atoms with Gasteiger partial charge in [-0.2, -0.15) is 0 Å². The van der Waals surface area contributed by atoms with Crippen LogP contribution in [0.15, 0.2) is 0 Å². The standard InChI is InChI=1S/C19H34O2/c1-2-3-4-5-6-7-8-9-10-18-11-14-19(15-12-18,16-13-18)17(20)21/h2-16H2,1H3,(H,20,21). The van der Waals surface area contributed by atoms with Gasteiger partial charge in [0.25, 0.3) is 0 Å².